The first-order chi connectivity index (χ1) is 15.3. The van der Waals surface area contributed by atoms with Crippen molar-refractivity contribution in [3.05, 3.63) is 96.1 Å². The first-order valence-corrected chi connectivity index (χ1v) is 10.8. The van der Waals surface area contributed by atoms with Gasteiger partial charge < -0.3 is 14.4 Å². The van der Waals surface area contributed by atoms with Crippen molar-refractivity contribution in [1.29, 1.82) is 0 Å². The molecule has 1 atom stereocenters. The fourth-order valence-corrected chi connectivity index (χ4v) is 4.43. The minimum atomic E-state index is -0.583. The van der Waals surface area contributed by atoms with Gasteiger partial charge in [-0.15, -0.1) is 12.4 Å². The monoisotopic (exact) mass is 450 g/mol. The summed E-state index contributed by atoms with van der Waals surface area (Å²) in [6, 6.07) is 28.8. The van der Waals surface area contributed by atoms with Gasteiger partial charge in [0.2, 0.25) is 6.10 Å². The van der Waals surface area contributed by atoms with Gasteiger partial charge in [0.1, 0.15) is 6.61 Å². The van der Waals surface area contributed by atoms with Gasteiger partial charge in [-0.05, 0) is 23.3 Å². The number of piperazine rings is 1. The van der Waals surface area contributed by atoms with E-state index in [4.69, 9.17) is 9.47 Å². The van der Waals surface area contributed by atoms with Gasteiger partial charge in [-0.3, -0.25) is 9.69 Å². The minimum Gasteiger partial charge on any atom is -0.485 e. The number of carbonyl (C=O) groups is 1. The Kier molecular flexibility index (Phi) is 6.98. The molecular formula is C26H27ClN2O3. The Morgan fingerprint density at radius 3 is 1.88 bits per heavy atom. The highest BCUT2D eigenvalue weighted by Crippen LogP contribution is 2.32. The van der Waals surface area contributed by atoms with E-state index in [2.05, 4.69) is 53.4 Å². The highest BCUT2D eigenvalue weighted by Gasteiger charge is 2.34. The first kappa shape index (κ1) is 22.2. The maximum Gasteiger partial charge on any atom is 0.267 e. The number of fused-ring (bicyclic) bond motifs is 1. The van der Waals surface area contributed by atoms with Crippen molar-refractivity contribution in [1.82, 2.24) is 9.80 Å². The van der Waals surface area contributed by atoms with E-state index in [1.165, 1.54) is 11.1 Å². The topological polar surface area (TPSA) is 42.0 Å². The Hall–Kier alpha value is -3.02. The van der Waals surface area contributed by atoms with Gasteiger partial charge in [0.15, 0.2) is 11.5 Å². The van der Waals surface area contributed by atoms with Crippen molar-refractivity contribution in [2.45, 2.75) is 12.1 Å². The van der Waals surface area contributed by atoms with Crippen molar-refractivity contribution in [2.24, 2.45) is 0 Å². The Balaban J connectivity index is 0.00000245. The number of hydrogen-bond acceptors (Lipinski definition) is 4. The highest BCUT2D eigenvalue weighted by atomic mass is 35.5. The Morgan fingerprint density at radius 2 is 1.28 bits per heavy atom. The molecule has 5 nitrogen and oxygen atoms in total. The van der Waals surface area contributed by atoms with E-state index in [0.29, 0.717) is 24.6 Å². The van der Waals surface area contributed by atoms with Crippen LogP contribution in [0.3, 0.4) is 0 Å². The largest absolute Gasteiger partial charge is 0.485 e. The molecule has 32 heavy (non-hydrogen) atoms. The summed E-state index contributed by atoms with van der Waals surface area (Å²) in [4.78, 5) is 17.5. The maximum atomic E-state index is 13.1. The van der Waals surface area contributed by atoms with E-state index in [9.17, 15) is 4.79 Å². The van der Waals surface area contributed by atoms with Gasteiger partial charge in [-0.25, -0.2) is 0 Å². The van der Waals surface area contributed by atoms with Crippen molar-refractivity contribution in [2.75, 3.05) is 32.8 Å². The quantitative estimate of drug-likeness (QED) is 0.598. The van der Waals surface area contributed by atoms with Gasteiger partial charge >= 0.3 is 0 Å². The minimum absolute atomic E-state index is 0. The summed E-state index contributed by atoms with van der Waals surface area (Å²) in [6.07, 6.45) is -0.583. The number of rotatable bonds is 4. The van der Waals surface area contributed by atoms with Crippen LogP contribution in [0.2, 0.25) is 0 Å². The molecule has 5 rings (SSSR count). The number of benzene rings is 3. The maximum absolute atomic E-state index is 13.1. The van der Waals surface area contributed by atoms with Crippen molar-refractivity contribution in [3.8, 4) is 11.5 Å². The zero-order chi connectivity index (χ0) is 21.0. The number of halogens is 1. The average Bonchev–Trinajstić information content (AvgIpc) is 2.85. The van der Waals surface area contributed by atoms with Crippen LogP contribution in [0.4, 0.5) is 0 Å². The van der Waals surface area contributed by atoms with Crippen LogP contribution in [-0.4, -0.2) is 54.6 Å². The zero-order valence-corrected chi connectivity index (χ0v) is 18.6. The van der Waals surface area contributed by atoms with Crippen LogP contribution in [0.5, 0.6) is 11.5 Å². The van der Waals surface area contributed by atoms with E-state index >= 15 is 0 Å². The van der Waals surface area contributed by atoms with Gasteiger partial charge in [-0.1, -0.05) is 72.8 Å². The number of hydrogen-bond donors (Lipinski definition) is 0. The fraction of sp³-hybridized carbons (Fsp3) is 0.269. The van der Waals surface area contributed by atoms with Crippen LogP contribution in [0, 0.1) is 0 Å². The van der Waals surface area contributed by atoms with E-state index in [0.717, 1.165) is 13.1 Å². The summed E-state index contributed by atoms with van der Waals surface area (Å²) < 4.78 is 11.7. The molecule has 0 radical (unpaired) electrons. The smallest absolute Gasteiger partial charge is 0.267 e. The fourth-order valence-electron chi connectivity index (χ4n) is 4.43. The molecule has 0 bridgehead atoms. The van der Waals surface area contributed by atoms with Gasteiger partial charge in [0, 0.05) is 26.2 Å². The summed E-state index contributed by atoms with van der Waals surface area (Å²) in [7, 11) is 0. The van der Waals surface area contributed by atoms with Crippen LogP contribution in [0.15, 0.2) is 84.9 Å². The molecule has 166 valence electrons. The summed E-state index contributed by atoms with van der Waals surface area (Å²) in [5.41, 5.74) is 2.54. The lowest BCUT2D eigenvalue weighted by Gasteiger charge is -2.41. The number of para-hydroxylation sites is 2. The second kappa shape index (κ2) is 10.1. The van der Waals surface area contributed by atoms with Gasteiger partial charge in [-0.2, -0.15) is 0 Å². The Bertz CT molecular complexity index is 984. The van der Waals surface area contributed by atoms with E-state index in [1.807, 2.05) is 41.3 Å². The summed E-state index contributed by atoms with van der Waals surface area (Å²) in [5, 5.41) is 0. The second-order valence-electron chi connectivity index (χ2n) is 7.95. The summed E-state index contributed by atoms with van der Waals surface area (Å²) in [5.74, 6) is 1.34. The van der Waals surface area contributed by atoms with Gasteiger partial charge in [0.25, 0.3) is 5.91 Å². The number of ether oxygens (including phenoxy) is 2. The lowest BCUT2D eigenvalue weighted by atomic mass is 9.96. The van der Waals surface area contributed by atoms with Crippen molar-refractivity contribution >= 4 is 18.3 Å². The van der Waals surface area contributed by atoms with E-state index in [1.54, 1.807) is 0 Å². The third-order valence-corrected chi connectivity index (χ3v) is 6.01. The summed E-state index contributed by atoms with van der Waals surface area (Å²) in [6.45, 7) is 3.23. The molecule has 3 aromatic carbocycles. The third-order valence-electron chi connectivity index (χ3n) is 6.01. The average molecular weight is 451 g/mol. The van der Waals surface area contributed by atoms with Gasteiger partial charge in [0.05, 0.1) is 6.04 Å². The molecule has 1 fully saturated rings. The molecule has 6 heteroatoms. The number of amides is 1. The second-order valence-corrected chi connectivity index (χ2v) is 7.95. The molecule has 0 aliphatic carbocycles. The summed E-state index contributed by atoms with van der Waals surface area (Å²) >= 11 is 0. The van der Waals surface area contributed by atoms with Crippen LogP contribution in [0.25, 0.3) is 0 Å². The third kappa shape index (κ3) is 4.59. The Labute approximate surface area is 195 Å². The lowest BCUT2D eigenvalue weighted by Crippen LogP contribution is -2.54. The number of carbonyl (C=O) groups excluding carboxylic acids is 1. The first-order valence-electron chi connectivity index (χ1n) is 10.8. The van der Waals surface area contributed by atoms with E-state index in [-0.39, 0.29) is 31.0 Å². The zero-order valence-electron chi connectivity index (χ0n) is 17.8. The molecule has 0 saturated carbocycles. The molecular weight excluding hydrogens is 424 g/mol. The SMILES string of the molecule is Cl.O=C(C1COc2ccccc2O1)N1CCN(C(c2ccccc2)c2ccccc2)CC1. The van der Waals surface area contributed by atoms with Crippen LogP contribution < -0.4 is 9.47 Å². The molecule has 0 spiro atoms. The molecule has 1 amide bonds. The molecule has 0 N–H and O–H groups in total. The molecule has 1 saturated heterocycles. The van der Waals surface area contributed by atoms with Crippen molar-refractivity contribution < 1.29 is 14.3 Å². The Morgan fingerprint density at radius 1 is 0.750 bits per heavy atom. The molecule has 3 aromatic rings. The molecule has 2 aliphatic rings. The predicted molar refractivity (Wildman–Crippen MR) is 126 cm³/mol. The van der Waals surface area contributed by atoms with Crippen LogP contribution in [-0.2, 0) is 4.79 Å². The normalized spacial score (nSPS) is 18.2. The predicted octanol–water partition coefficient (Wildman–Crippen LogP) is 4.18. The number of nitrogens with zero attached hydrogens (tertiary/aromatic N) is 2. The lowest BCUT2D eigenvalue weighted by molar-refractivity contribution is -0.143. The highest BCUT2D eigenvalue weighted by molar-refractivity contribution is 5.85. The van der Waals surface area contributed by atoms with E-state index < -0.39 is 6.10 Å². The molecule has 0 aromatic heterocycles. The molecule has 1 unspecified atom stereocenters. The standard InChI is InChI=1S/C26H26N2O3.ClH/c29-26(24-19-30-22-13-7-8-14-23(22)31-24)28-17-15-27(16-18-28)25(20-9-3-1-4-10-20)21-11-5-2-6-12-21;/h1-14,24-25H,15-19H2;1H. The molecule has 2 heterocycles. The van der Waals surface area contributed by atoms with Crippen molar-refractivity contribution in [3.63, 3.8) is 0 Å². The van der Waals surface area contributed by atoms with Crippen LogP contribution in [0.1, 0.15) is 17.2 Å². The van der Waals surface area contributed by atoms with Crippen LogP contribution >= 0.6 is 12.4 Å². The molecule has 2 aliphatic heterocycles.